The van der Waals surface area contributed by atoms with Crippen molar-refractivity contribution in [3.63, 3.8) is 0 Å². The predicted molar refractivity (Wildman–Crippen MR) is 122 cm³/mol. The minimum atomic E-state index is -1.16. The number of likely N-dealkylation sites (N-methyl/N-ethyl adjacent to an activating group) is 1. The Labute approximate surface area is 187 Å². The van der Waals surface area contributed by atoms with Crippen LogP contribution in [0.25, 0.3) is 0 Å². The molecule has 1 aliphatic rings. The second kappa shape index (κ2) is 10.5. The van der Waals surface area contributed by atoms with Crippen molar-refractivity contribution in [1.82, 2.24) is 4.90 Å². The molecule has 5 nitrogen and oxygen atoms in total. The summed E-state index contributed by atoms with van der Waals surface area (Å²) >= 11 is 7.69. The molecule has 0 fully saturated rings. The summed E-state index contributed by atoms with van der Waals surface area (Å²) in [7, 11) is 3.62. The van der Waals surface area contributed by atoms with Gasteiger partial charge in [0.2, 0.25) is 0 Å². The lowest BCUT2D eigenvalue weighted by Gasteiger charge is -2.27. The highest BCUT2D eigenvalue weighted by atomic mass is 35.5. The Kier molecular flexibility index (Phi) is 8.67. The maximum absolute atomic E-state index is 13.2. The van der Waals surface area contributed by atoms with Crippen LogP contribution in [0.1, 0.15) is 17.7 Å². The number of carbonyl (C=O) groups excluding carboxylic acids is 1. The standard InChI is InChI=1S/C21H25ClN2O3S.ClH/c1-4-23(2)11-12-24-17-10-7-15(22)13-18(17)28-20(19(25)21(24)26)14-5-8-16(27-3)9-6-14;/h5-10,13,19-20,25H,4,11-12H2,1-3H3;1H. The third-order valence-electron chi connectivity index (χ3n) is 4.96. The van der Waals surface area contributed by atoms with Gasteiger partial charge in [-0.3, -0.25) is 4.79 Å². The van der Waals surface area contributed by atoms with Crippen LogP contribution in [0.5, 0.6) is 5.75 Å². The molecule has 0 aromatic heterocycles. The number of fused-ring (bicyclic) bond motifs is 1. The van der Waals surface area contributed by atoms with E-state index < -0.39 is 11.4 Å². The van der Waals surface area contributed by atoms with Crippen LogP contribution in [0.2, 0.25) is 5.02 Å². The van der Waals surface area contributed by atoms with Crippen LogP contribution in [0, 0.1) is 0 Å². The zero-order valence-electron chi connectivity index (χ0n) is 16.7. The van der Waals surface area contributed by atoms with E-state index in [1.165, 1.54) is 11.8 Å². The Bertz CT molecular complexity index is 835. The number of benzene rings is 2. The molecule has 2 unspecified atom stereocenters. The van der Waals surface area contributed by atoms with Gasteiger partial charge in [-0.1, -0.05) is 30.7 Å². The molecular weight excluding hydrogens is 431 g/mol. The highest BCUT2D eigenvalue weighted by molar-refractivity contribution is 7.99. The van der Waals surface area contributed by atoms with E-state index in [1.54, 1.807) is 18.1 Å². The molecule has 158 valence electrons. The van der Waals surface area contributed by atoms with E-state index in [1.807, 2.05) is 43.4 Å². The number of aliphatic hydroxyl groups excluding tert-OH is 1. The number of rotatable bonds is 6. The van der Waals surface area contributed by atoms with Crippen LogP contribution in [0.3, 0.4) is 0 Å². The van der Waals surface area contributed by atoms with Gasteiger partial charge in [-0.25, -0.2) is 0 Å². The first kappa shape index (κ1) is 23.8. The summed E-state index contributed by atoms with van der Waals surface area (Å²) in [6, 6.07) is 13.0. The summed E-state index contributed by atoms with van der Waals surface area (Å²) in [5.41, 5.74) is 1.66. The average Bonchev–Trinajstić information content (AvgIpc) is 2.81. The average molecular weight is 457 g/mol. The lowest BCUT2D eigenvalue weighted by Crippen LogP contribution is -2.43. The van der Waals surface area contributed by atoms with E-state index in [2.05, 4.69) is 11.8 Å². The van der Waals surface area contributed by atoms with Crippen molar-refractivity contribution in [2.75, 3.05) is 38.7 Å². The van der Waals surface area contributed by atoms with Gasteiger partial charge in [0.1, 0.15) is 11.9 Å². The molecule has 1 N–H and O–H groups in total. The van der Waals surface area contributed by atoms with Gasteiger partial charge in [-0.05, 0) is 49.5 Å². The number of ether oxygens (including phenoxy) is 1. The van der Waals surface area contributed by atoms with Crippen LogP contribution in [-0.2, 0) is 4.79 Å². The molecule has 1 aliphatic heterocycles. The van der Waals surface area contributed by atoms with Crippen molar-refractivity contribution in [2.45, 2.75) is 23.2 Å². The van der Waals surface area contributed by atoms with Gasteiger partial charge in [0.15, 0.2) is 0 Å². The van der Waals surface area contributed by atoms with E-state index in [-0.39, 0.29) is 18.3 Å². The summed E-state index contributed by atoms with van der Waals surface area (Å²) < 4.78 is 5.22. The summed E-state index contributed by atoms with van der Waals surface area (Å²) in [5.74, 6) is 0.440. The molecule has 2 aromatic rings. The molecule has 8 heteroatoms. The summed E-state index contributed by atoms with van der Waals surface area (Å²) in [6.07, 6.45) is -1.16. The lowest BCUT2D eigenvalue weighted by molar-refractivity contribution is -0.126. The SMILES string of the molecule is CCN(C)CCN1C(=O)C(O)C(c2ccc(OC)cc2)Sc2cc(Cl)ccc21.Cl. The minimum Gasteiger partial charge on any atom is -0.497 e. The molecule has 0 radical (unpaired) electrons. The van der Waals surface area contributed by atoms with Gasteiger partial charge in [0.25, 0.3) is 5.91 Å². The van der Waals surface area contributed by atoms with E-state index in [0.29, 0.717) is 11.6 Å². The van der Waals surface area contributed by atoms with Gasteiger partial charge in [0.05, 0.1) is 18.0 Å². The number of anilines is 1. The topological polar surface area (TPSA) is 53.0 Å². The van der Waals surface area contributed by atoms with Crippen molar-refractivity contribution in [3.8, 4) is 5.75 Å². The Morgan fingerprint density at radius 2 is 1.93 bits per heavy atom. The van der Waals surface area contributed by atoms with Crippen molar-refractivity contribution in [2.24, 2.45) is 0 Å². The van der Waals surface area contributed by atoms with E-state index in [4.69, 9.17) is 16.3 Å². The van der Waals surface area contributed by atoms with Crippen molar-refractivity contribution in [1.29, 1.82) is 0 Å². The summed E-state index contributed by atoms with van der Waals surface area (Å²) in [5, 5.41) is 11.1. The van der Waals surface area contributed by atoms with E-state index in [0.717, 1.165) is 35.0 Å². The maximum atomic E-state index is 13.2. The molecule has 0 bridgehead atoms. The molecule has 1 amide bonds. The third-order valence-corrected chi connectivity index (χ3v) is 6.56. The first-order valence-electron chi connectivity index (χ1n) is 9.22. The molecule has 0 saturated heterocycles. The normalized spacial score (nSPS) is 18.8. The molecule has 1 heterocycles. The Hall–Kier alpha value is -1.44. The number of hydrogen-bond donors (Lipinski definition) is 1. The number of thioether (sulfide) groups is 1. The van der Waals surface area contributed by atoms with Gasteiger partial charge in [0, 0.05) is 23.0 Å². The highest BCUT2D eigenvalue weighted by Gasteiger charge is 2.37. The number of nitrogens with zero attached hydrogens (tertiary/aromatic N) is 2. The molecule has 2 atom stereocenters. The van der Waals surface area contributed by atoms with Gasteiger partial charge >= 0.3 is 0 Å². The van der Waals surface area contributed by atoms with Crippen molar-refractivity contribution in [3.05, 3.63) is 53.1 Å². The number of hydrogen-bond acceptors (Lipinski definition) is 5. The summed E-state index contributed by atoms with van der Waals surface area (Å²) in [4.78, 5) is 17.9. The van der Waals surface area contributed by atoms with Crippen LogP contribution in [-0.4, -0.2) is 55.8 Å². The molecule has 0 aliphatic carbocycles. The van der Waals surface area contributed by atoms with Crippen LogP contribution >= 0.6 is 35.8 Å². The predicted octanol–water partition coefficient (Wildman–Crippen LogP) is 4.26. The Morgan fingerprint density at radius 3 is 2.55 bits per heavy atom. The van der Waals surface area contributed by atoms with Gasteiger partial charge in [-0.2, -0.15) is 0 Å². The van der Waals surface area contributed by atoms with Crippen LogP contribution in [0.15, 0.2) is 47.4 Å². The Morgan fingerprint density at radius 1 is 1.24 bits per heavy atom. The number of amides is 1. The molecule has 29 heavy (non-hydrogen) atoms. The molecule has 3 rings (SSSR count). The lowest BCUT2D eigenvalue weighted by atomic mass is 10.1. The van der Waals surface area contributed by atoms with Gasteiger partial charge in [-0.15, -0.1) is 24.2 Å². The fraction of sp³-hybridized carbons (Fsp3) is 0.381. The Balaban J connectivity index is 0.00000300. The quantitative estimate of drug-likeness (QED) is 0.703. The number of aliphatic hydroxyl groups is 1. The fourth-order valence-corrected chi connectivity index (χ4v) is 4.66. The second-order valence-corrected chi connectivity index (χ2v) is 8.37. The van der Waals surface area contributed by atoms with E-state index >= 15 is 0 Å². The number of carbonyl (C=O) groups is 1. The van der Waals surface area contributed by atoms with Crippen LogP contribution < -0.4 is 9.64 Å². The fourth-order valence-electron chi connectivity index (χ4n) is 3.12. The van der Waals surface area contributed by atoms with E-state index in [9.17, 15) is 9.90 Å². The van der Waals surface area contributed by atoms with Gasteiger partial charge < -0.3 is 19.6 Å². The maximum Gasteiger partial charge on any atom is 0.257 e. The largest absolute Gasteiger partial charge is 0.497 e. The molecular formula is C21H26Cl2N2O3S. The number of methoxy groups -OCH3 is 1. The molecule has 0 spiro atoms. The zero-order valence-corrected chi connectivity index (χ0v) is 19.1. The molecule has 0 saturated carbocycles. The smallest absolute Gasteiger partial charge is 0.257 e. The summed E-state index contributed by atoms with van der Waals surface area (Å²) in [6.45, 7) is 4.18. The van der Waals surface area contributed by atoms with Crippen LogP contribution in [0.4, 0.5) is 5.69 Å². The monoisotopic (exact) mass is 456 g/mol. The zero-order chi connectivity index (χ0) is 20.3. The number of halogens is 2. The third kappa shape index (κ3) is 5.38. The molecule has 2 aromatic carbocycles. The van der Waals surface area contributed by atoms with Crippen molar-refractivity contribution >= 4 is 47.4 Å². The first-order chi connectivity index (χ1) is 13.4. The second-order valence-electron chi connectivity index (χ2n) is 6.75. The minimum absolute atomic E-state index is 0. The van der Waals surface area contributed by atoms with Crippen molar-refractivity contribution < 1.29 is 14.6 Å². The first-order valence-corrected chi connectivity index (χ1v) is 10.5. The highest BCUT2D eigenvalue weighted by Crippen LogP contribution is 2.46.